The summed E-state index contributed by atoms with van der Waals surface area (Å²) in [7, 11) is 0. The summed E-state index contributed by atoms with van der Waals surface area (Å²) in [6.07, 6.45) is 0.580. The standard InChI is InChI=1S/C12H10ClN3O2/c13-6-1-2-9-8(5-6)10-7(3-4-18-9)11(12(14)17)16-15-10/h1-2,5H,3-4H2,(H2,14,17)(H,15,16). The number of H-pyrrole nitrogens is 1. The fourth-order valence-corrected chi connectivity index (χ4v) is 2.28. The molecular formula is C12H10ClN3O2. The first-order chi connectivity index (χ1) is 8.66. The van der Waals surface area contributed by atoms with E-state index >= 15 is 0 Å². The van der Waals surface area contributed by atoms with Crippen LogP contribution in [-0.4, -0.2) is 22.7 Å². The number of carbonyl (C=O) groups is 1. The van der Waals surface area contributed by atoms with E-state index in [1.165, 1.54) is 0 Å². The van der Waals surface area contributed by atoms with E-state index in [1.807, 2.05) is 0 Å². The van der Waals surface area contributed by atoms with Crippen LogP contribution in [-0.2, 0) is 6.42 Å². The van der Waals surface area contributed by atoms with Crippen LogP contribution in [0.5, 0.6) is 5.75 Å². The highest BCUT2D eigenvalue weighted by atomic mass is 35.5. The number of aromatic nitrogens is 2. The maximum Gasteiger partial charge on any atom is 0.267 e. The van der Waals surface area contributed by atoms with Crippen LogP contribution >= 0.6 is 11.6 Å². The summed E-state index contributed by atoms with van der Waals surface area (Å²) in [4.78, 5) is 11.3. The third-order valence-electron chi connectivity index (χ3n) is 2.92. The number of nitrogens with zero attached hydrogens (tertiary/aromatic N) is 1. The first-order valence-corrected chi connectivity index (χ1v) is 5.84. The van der Waals surface area contributed by atoms with Gasteiger partial charge in [-0.1, -0.05) is 11.6 Å². The van der Waals surface area contributed by atoms with E-state index in [4.69, 9.17) is 22.1 Å². The van der Waals surface area contributed by atoms with Crippen LogP contribution in [0.4, 0.5) is 0 Å². The Labute approximate surface area is 108 Å². The normalized spacial score (nSPS) is 13.2. The van der Waals surface area contributed by atoms with Crippen molar-refractivity contribution in [2.75, 3.05) is 6.61 Å². The monoisotopic (exact) mass is 263 g/mol. The van der Waals surface area contributed by atoms with Gasteiger partial charge in [0, 0.05) is 22.6 Å². The average molecular weight is 264 g/mol. The summed E-state index contributed by atoms with van der Waals surface area (Å²) in [5.41, 5.74) is 7.88. The van der Waals surface area contributed by atoms with Crippen LogP contribution in [0.15, 0.2) is 18.2 Å². The Morgan fingerprint density at radius 3 is 3.11 bits per heavy atom. The Hall–Kier alpha value is -2.01. The first kappa shape index (κ1) is 11.1. The number of hydrogen-bond donors (Lipinski definition) is 2. The van der Waals surface area contributed by atoms with Gasteiger partial charge in [-0.25, -0.2) is 0 Å². The van der Waals surface area contributed by atoms with Gasteiger partial charge in [0.15, 0.2) is 0 Å². The molecule has 0 aliphatic carbocycles. The van der Waals surface area contributed by atoms with Gasteiger partial charge in [-0.2, -0.15) is 5.10 Å². The van der Waals surface area contributed by atoms with Crippen molar-refractivity contribution in [1.29, 1.82) is 0 Å². The van der Waals surface area contributed by atoms with E-state index in [0.29, 0.717) is 35.2 Å². The summed E-state index contributed by atoms with van der Waals surface area (Å²) in [6, 6.07) is 5.32. The maximum atomic E-state index is 11.3. The molecule has 3 N–H and O–H groups in total. The molecule has 5 nitrogen and oxygen atoms in total. The van der Waals surface area contributed by atoms with Gasteiger partial charge in [0.25, 0.3) is 5.91 Å². The summed E-state index contributed by atoms with van der Waals surface area (Å²) in [6.45, 7) is 0.474. The number of nitrogens with one attached hydrogen (secondary N) is 1. The Kier molecular flexibility index (Phi) is 2.48. The van der Waals surface area contributed by atoms with Crippen LogP contribution < -0.4 is 10.5 Å². The third kappa shape index (κ3) is 1.64. The number of halogens is 1. The highest BCUT2D eigenvalue weighted by molar-refractivity contribution is 6.31. The molecule has 1 amide bonds. The minimum Gasteiger partial charge on any atom is -0.493 e. The molecule has 0 spiro atoms. The summed E-state index contributed by atoms with van der Waals surface area (Å²) >= 11 is 5.98. The van der Waals surface area contributed by atoms with E-state index in [0.717, 1.165) is 11.1 Å². The molecule has 2 heterocycles. The number of fused-ring (bicyclic) bond motifs is 3. The summed E-state index contributed by atoms with van der Waals surface area (Å²) < 4.78 is 5.61. The van der Waals surface area contributed by atoms with Crippen LogP contribution in [0, 0.1) is 0 Å². The van der Waals surface area contributed by atoms with Gasteiger partial charge in [0.05, 0.1) is 12.3 Å². The van der Waals surface area contributed by atoms with Gasteiger partial charge < -0.3 is 10.5 Å². The van der Waals surface area contributed by atoms with Gasteiger partial charge in [-0.05, 0) is 18.2 Å². The van der Waals surface area contributed by atoms with E-state index in [1.54, 1.807) is 18.2 Å². The lowest BCUT2D eigenvalue weighted by molar-refractivity contribution is 0.0994. The molecule has 6 heteroatoms. The summed E-state index contributed by atoms with van der Waals surface area (Å²) in [5, 5.41) is 7.43. The zero-order valence-corrected chi connectivity index (χ0v) is 10.1. The van der Waals surface area contributed by atoms with Crippen molar-refractivity contribution in [3.8, 4) is 17.0 Å². The second-order valence-electron chi connectivity index (χ2n) is 4.03. The molecule has 1 aliphatic heterocycles. The fourth-order valence-electron chi connectivity index (χ4n) is 2.11. The molecule has 1 aliphatic rings. The van der Waals surface area contributed by atoms with E-state index in [9.17, 15) is 4.79 Å². The molecule has 3 rings (SSSR count). The molecule has 0 bridgehead atoms. The zero-order chi connectivity index (χ0) is 12.7. The third-order valence-corrected chi connectivity index (χ3v) is 3.15. The van der Waals surface area contributed by atoms with Crippen LogP contribution in [0.2, 0.25) is 5.02 Å². The summed E-state index contributed by atoms with van der Waals surface area (Å²) in [5.74, 6) is 0.190. The highest BCUT2D eigenvalue weighted by Gasteiger charge is 2.23. The quantitative estimate of drug-likeness (QED) is 0.823. The predicted octanol–water partition coefficient (Wildman–Crippen LogP) is 1.76. The molecule has 92 valence electrons. The van der Waals surface area contributed by atoms with Crippen molar-refractivity contribution in [3.63, 3.8) is 0 Å². The molecule has 0 atom stereocenters. The SMILES string of the molecule is NC(=O)c1[nH]nc2c1CCOc1ccc(Cl)cc1-2. The molecule has 0 saturated heterocycles. The van der Waals surface area contributed by atoms with Crippen molar-refractivity contribution in [2.45, 2.75) is 6.42 Å². The Morgan fingerprint density at radius 2 is 2.33 bits per heavy atom. The predicted molar refractivity (Wildman–Crippen MR) is 66.8 cm³/mol. The second-order valence-corrected chi connectivity index (χ2v) is 4.47. The smallest absolute Gasteiger partial charge is 0.267 e. The lowest BCUT2D eigenvalue weighted by atomic mass is 10.0. The lowest BCUT2D eigenvalue weighted by Gasteiger charge is -2.06. The minimum absolute atomic E-state index is 0.335. The van der Waals surface area contributed by atoms with Gasteiger partial charge in [-0.15, -0.1) is 0 Å². The fraction of sp³-hybridized carbons (Fsp3) is 0.167. The van der Waals surface area contributed by atoms with Crippen molar-refractivity contribution in [3.05, 3.63) is 34.5 Å². The molecule has 0 radical (unpaired) electrons. The van der Waals surface area contributed by atoms with E-state index in [2.05, 4.69) is 10.2 Å². The van der Waals surface area contributed by atoms with Crippen LogP contribution in [0.1, 0.15) is 16.1 Å². The number of carbonyl (C=O) groups excluding carboxylic acids is 1. The first-order valence-electron chi connectivity index (χ1n) is 5.46. The number of primary amides is 1. The van der Waals surface area contributed by atoms with Gasteiger partial charge in [0.1, 0.15) is 11.4 Å². The Morgan fingerprint density at radius 1 is 1.50 bits per heavy atom. The van der Waals surface area contributed by atoms with Gasteiger partial charge in [-0.3, -0.25) is 9.89 Å². The largest absolute Gasteiger partial charge is 0.493 e. The van der Waals surface area contributed by atoms with Gasteiger partial charge in [0.2, 0.25) is 0 Å². The molecule has 1 aromatic heterocycles. The lowest BCUT2D eigenvalue weighted by Crippen LogP contribution is -2.14. The second kappa shape index (κ2) is 4.03. The molecule has 18 heavy (non-hydrogen) atoms. The van der Waals surface area contributed by atoms with Crippen molar-refractivity contribution in [1.82, 2.24) is 10.2 Å². The van der Waals surface area contributed by atoms with E-state index in [-0.39, 0.29) is 0 Å². The molecule has 0 unspecified atom stereocenters. The number of nitrogens with two attached hydrogens (primary N) is 1. The highest BCUT2D eigenvalue weighted by Crippen LogP contribution is 2.36. The molecular weight excluding hydrogens is 254 g/mol. The van der Waals surface area contributed by atoms with Crippen molar-refractivity contribution >= 4 is 17.5 Å². The molecule has 2 aromatic rings. The number of rotatable bonds is 1. The van der Waals surface area contributed by atoms with Gasteiger partial charge >= 0.3 is 0 Å². The molecule has 0 fully saturated rings. The van der Waals surface area contributed by atoms with Crippen molar-refractivity contribution in [2.24, 2.45) is 5.73 Å². The van der Waals surface area contributed by atoms with E-state index < -0.39 is 5.91 Å². The Balaban J connectivity index is 2.25. The minimum atomic E-state index is -0.519. The molecule has 1 aromatic carbocycles. The zero-order valence-electron chi connectivity index (χ0n) is 9.37. The van der Waals surface area contributed by atoms with Crippen LogP contribution in [0.25, 0.3) is 11.3 Å². The maximum absolute atomic E-state index is 11.3. The number of ether oxygens (including phenoxy) is 1. The topological polar surface area (TPSA) is 81.0 Å². The number of hydrogen-bond acceptors (Lipinski definition) is 3. The number of aromatic amines is 1. The van der Waals surface area contributed by atoms with Crippen molar-refractivity contribution < 1.29 is 9.53 Å². The molecule has 0 saturated carbocycles. The number of benzene rings is 1. The van der Waals surface area contributed by atoms with Crippen LogP contribution in [0.3, 0.4) is 0 Å². The Bertz CT molecular complexity index is 636. The number of amides is 1. The average Bonchev–Trinajstić information content (AvgIpc) is 2.67.